The lowest BCUT2D eigenvalue weighted by atomic mass is 10.0. The number of ether oxygens (including phenoxy) is 2. The Kier molecular flexibility index (Phi) is 6.28. The minimum Gasteiger partial charge on any atom is -0.493 e. The highest BCUT2D eigenvalue weighted by atomic mass is 16.5. The van der Waals surface area contributed by atoms with Crippen LogP contribution < -0.4 is 14.9 Å². The van der Waals surface area contributed by atoms with Crippen molar-refractivity contribution >= 4 is 5.97 Å². The van der Waals surface area contributed by atoms with E-state index in [1.807, 2.05) is 49.4 Å². The summed E-state index contributed by atoms with van der Waals surface area (Å²) in [5.41, 5.74) is 2.15. The number of carbonyl (C=O) groups is 1. The van der Waals surface area contributed by atoms with Crippen molar-refractivity contribution in [2.24, 2.45) is 0 Å². The second-order valence-corrected chi connectivity index (χ2v) is 7.78. The number of unbranched alkanes of at least 4 members (excludes halogenated alkanes) is 2. The third-order valence-electron chi connectivity index (χ3n) is 5.50. The molecule has 7 heteroatoms. The van der Waals surface area contributed by atoms with Gasteiger partial charge in [0.05, 0.1) is 12.3 Å². The van der Waals surface area contributed by atoms with Crippen molar-refractivity contribution in [2.45, 2.75) is 32.4 Å². The standard InChI is InChI=1S/C25H25NO6/c1-16-12-18-20-13-21(28)19(25(29)30)15-26(20)24(17-8-4-2-5-9-17)32-23(18)14-22(16)31-11-7-3-6-10-27/h2,4-5,8-9,12-15,24,27H,3,6-7,10-11H2,1H3,(H,29,30). The smallest absolute Gasteiger partial charge is 0.341 e. The average molecular weight is 435 g/mol. The van der Waals surface area contributed by atoms with Crippen LogP contribution in [0.15, 0.2) is 59.5 Å². The average Bonchev–Trinajstić information content (AvgIpc) is 2.79. The first-order valence-electron chi connectivity index (χ1n) is 10.6. The number of aliphatic hydroxyl groups excluding tert-OH is 1. The van der Waals surface area contributed by atoms with Crippen molar-refractivity contribution in [3.63, 3.8) is 0 Å². The van der Waals surface area contributed by atoms with Gasteiger partial charge in [0, 0.05) is 36.1 Å². The fourth-order valence-electron chi connectivity index (χ4n) is 3.84. The van der Waals surface area contributed by atoms with Crippen LogP contribution in [-0.4, -0.2) is 34.0 Å². The van der Waals surface area contributed by atoms with Crippen LogP contribution in [0, 0.1) is 6.92 Å². The van der Waals surface area contributed by atoms with Crippen LogP contribution in [0.3, 0.4) is 0 Å². The summed E-state index contributed by atoms with van der Waals surface area (Å²) in [5, 5.41) is 18.4. The third kappa shape index (κ3) is 4.24. The van der Waals surface area contributed by atoms with Crippen LogP contribution in [0.4, 0.5) is 0 Å². The van der Waals surface area contributed by atoms with Gasteiger partial charge in [-0.15, -0.1) is 0 Å². The second kappa shape index (κ2) is 9.28. The molecular weight excluding hydrogens is 410 g/mol. The molecule has 7 nitrogen and oxygen atoms in total. The molecule has 1 aliphatic heterocycles. The van der Waals surface area contributed by atoms with E-state index in [1.54, 1.807) is 4.57 Å². The molecule has 1 unspecified atom stereocenters. The van der Waals surface area contributed by atoms with Crippen LogP contribution in [0.2, 0.25) is 0 Å². The topological polar surface area (TPSA) is 98.0 Å². The van der Waals surface area contributed by atoms with Crippen LogP contribution >= 0.6 is 0 Å². The molecule has 1 atom stereocenters. The first-order valence-corrected chi connectivity index (χ1v) is 10.6. The molecule has 0 amide bonds. The summed E-state index contributed by atoms with van der Waals surface area (Å²) in [6.45, 7) is 2.62. The number of pyridine rings is 1. The predicted molar refractivity (Wildman–Crippen MR) is 119 cm³/mol. The van der Waals surface area contributed by atoms with Gasteiger partial charge in [0.15, 0.2) is 5.43 Å². The van der Waals surface area contributed by atoms with Gasteiger partial charge in [0.25, 0.3) is 0 Å². The molecule has 0 aliphatic carbocycles. The molecule has 1 aromatic heterocycles. The number of nitrogens with zero attached hydrogens (tertiary/aromatic N) is 1. The van der Waals surface area contributed by atoms with E-state index in [-0.39, 0.29) is 12.2 Å². The maximum atomic E-state index is 12.5. The first kappa shape index (κ1) is 21.6. The summed E-state index contributed by atoms with van der Waals surface area (Å²) in [5.74, 6) is -0.0150. The van der Waals surface area contributed by atoms with E-state index in [0.29, 0.717) is 29.4 Å². The number of carboxylic acids is 1. The Balaban J connectivity index is 1.77. The van der Waals surface area contributed by atoms with E-state index in [9.17, 15) is 14.7 Å². The number of aromatic carboxylic acids is 1. The second-order valence-electron chi connectivity index (χ2n) is 7.78. The highest BCUT2D eigenvalue weighted by molar-refractivity contribution is 5.88. The number of rotatable bonds is 8. The number of benzene rings is 2. The normalized spacial score (nSPS) is 14.2. The molecule has 166 valence electrons. The zero-order valence-corrected chi connectivity index (χ0v) is 17.8. The number of hydrogen-bond acceptors (Lipinski definition) is 5. The minimum atomic E-state index is -1.27. The van der Waals surface area contributed by atoms with E-state index in [2.05, 4.69) is 0 Å². The van der Waals surface area contributed by atoms with Gasteiger partial charge in [-0.3, -0.25) is 4.79 Å². The SMILES string of the molecule is Cc1cc2c(cc1OCCCCCO)OC(c1ccccc1)n1cc(C(=O)O)c(=O)cc1-2. The third-order valence-corrected chi connectivity index (χ3v) is 5.50. The summed E-state index contributed by atoms with van der Waals surface area (Å²) < 4.78 is 14.0. The van der Waals surface area contributed by atoms with Crippen molar-refractivity contribution in [3.05, 3.63) is 81.6 Å². The quantitative estimate of drug-likeness (QED) is 0.519. The molecule has 2 heterocycles. The Morgan fingerprint density at radius 2 is 1.91 bits per heavy atom. The largest absolute Gasteiger partial charge is 0.493 e. The van der Waals surface area contributed by atoms with Crippen molar-refractivity contribution < 1.29 is 24.5 Å². The zero-order chi connectivity index (χ0) is 22.7. The zero-order valence-electron chi connectivity index (χ0n) is 17.8. The Morgan fingerprint density at radius 3 is 2.62 bits per heavy atom. The summed E-state index contributed by atoms with van der Waals surface area (Å²) in [4.78, 5) is 24.1. The van der Waals surface area contributed by atoms with E-state index in [1.165, 1.54) is 12.3 Å². The number of aryl methyl sites for hydroxylation is 1. The van der Waals surface area contributed by atoms with Gasteiger partial charge < -0.3 is 24.3 Å². The number of aliphatic hydroxyl groups is 1. The number of aromatic nitrogens is 1. The van der Waals surface area contributed by atoms with E-state index < -0.39 is 17.6 Å². The van der Waals surface area contributed by atoms with E-state index in [0.717, 1.165) is 30.4 Å². The van der Waals surface area contributed by atoms with Crippen molar-refractivity contribution in [1.29, 1.82) is 0 Å². The minimum absolute atomic E-state index is 0.176. The lowest BCUT2D eigenvalue weighted by Gasteiger charge is -2.32. The molecule has 3 aromatic rings. The highest BCUT2D eigenvalue weighted by Gasteiger charge is 2.29. The monoisotopic (exact) mass is 435 g/mol. The summed E-state index contributed by atoms with van der Waals surface area (Å²) in [6, 6.07) is 14.5. The number of hydrogen-bond donors (Lipinski definition) is 2. The molecule has 2 N–H and O–H groups in total. The van der Waals surface area contributed by atoms with Gasteiger partial charge in [0.1, 0.15) is 17.1 Å². The van der Waals surface area contributed by atoms with Gasteiger partial charge in [-0.05, 0) is 37.8 Å². The van der Waals surface area contributed by atoms with Crippen molar-refractivity contribution in [3.8, 4) is 22.8 Å². The lowest BCUT2D eigenvalue weighted by molar-refractivity contribution is 0.0693. The van der Waals surface area contributed by atoms with Gasteiger partial charge in [-0.1, -0.05) is 30.3 Å². The maximum absolute atomic E-state index is 12.5. The molecule has 0 fully saturated rings. The van der Waals surface area contributed by atoms with Gasteiger partial charge in [-0.2, -0.15) is 0 Å². The lowest BCUT2D eigenvalue weighted by Crippen LogP contribution is -2.27. The molecule has 0 bridgehead atoms. The van der Waals surface area contributed by atoms with Gasteiger partial charge in [-0.25, -0.2) is 4.79 Å². The van der Waals surface area contributed by atoms with Crippen molar-refractivity contribution in [1.82, 2.24) is 4.57 Å². The van der Waals surface area contributed by atoms with Gasteiger partial charge >= 0.3 is 5.97 Å². The number of fused-ring (bicyclic) bond motifs is 3. The first-order chi connectivity index (χ1) is 15.5. The molecular formula is C25H25NO6. The summed E-state index contributed by atoms with van der Waals surface area (Å²) in [6.07, 6.45) is 3.19. The Hall–Kier alpha value is -3.58. The fraction of sp³-hybridized carbons (Fsp3) is 0.280. The molecule has 4 rings (SSSR count). The molecule has 32 heavy (non-hydrogen) atoms. The van der Waals surface area contributed by atoms with Crippen LogP contribution in [0.1, 0.15) is 47.0 Å². The summed E-state index contributed by atoms with van der Waals surface area (Å²) in [7, 11) is 0. The maximum Gasteiger partial charge on any atom is 0.341 e. The Bertz CT molecular complexity index is 1190. The summed E-state index contributed by atoms with van der Waals surface area (Å²) >= 11 is 0. The highest BCUT2D eigenvalue weighted by Crippen LogP contribution is 2.43. The fourth-order valence-corrected chi connectivity index (χ4v) is 3.84. The molecule has 0 radical (unpaired) electrons. The van der Waals surface area contributed by atoms with Gasteiger partial charge in [0.2, 0.25) is 6.23 Å². The van der Waals surface area contributed by atoms with E-state index >= 15 is 0 Å². The predicted octanol–water partition coefficient (Wildman–Crippen LogP) is 4.00. The molecule has 1 aliphatic rings. The Labute approximate surface area is 185 Å². The molecule has 0 saturated heterocycles. The Morgan fingerprint density at radius 1 is 1.12 bits per heavy atom. The van der Waals surface area contributed by atoms with Crippen LogP contribution in [0.25, 0.3) is 11.3 Å². The van der Waals surface area contributed by atoms with Crippen molar-refractivity contribution in [2.75, 3.05) is 13.2 Å². The molecule has 0 spiro atoms. The molecule has 2 aromatic carbocycles. The van der Waals surface area contributed by atoms with E-state index in [4.69, 9.17) is 14.6 Å². The van der Waals surface area contributed by atoms with Crippen LogP contribution in [0.5, 0.6) is 11.5 Å². The van der Waals surface area contributed by atoms with Crippen LogP contribution in [-0.2, 0) is 0 Å². The number of carboxylic acid groups (broad SMARTS) is 1. The molecule has 0 saturated carbocycles.